The van der Waals surface area contributed by atoms with Crippen molar-refractivity contribution in [2.24, 2.45) is 5.92 Å². The minimum atomic E-state index is -0.764. The van der Waals surface area contributed by atoms with E-state index in [1.165, 1.54) is 0 Å². The average Bonchev–Trinajstić information content (AvgIpc) is 1.88. The van der Waals surface area contributed by atoms with E-state index in [0.717, 1.165) is 12.4 Å². The van der Waals surface area contributed by atoms with Gasteiger partial charge < -0.3 is 11.1 Å². The van der Waals surface area contributed by atoms with E-state index < -0.39 is 5.92 Å². The van der Waals surface area contributed by atoms with Crippen molar-refractivity contribution in [2.75, 3.05) is 0 Å². The highest BCUT2D eigenvalue weighted by atomic mass is 14.9. The number of rotatable bonds is 2. The first-order chi connectivity index (χ1) is 4.35. The molecule has 5 nitrogen and oxygen atoms in total. The Balaban J connectivity index is 4.20. The molecule has 0 aromatic heterocycles. The number of hydrogen-bond donors (Lipinski definition) is 0. The Morgan fingerprint density at radius 3 is 2.00 bits per heavy atom. The first-order valence-corrected chi connectivity index (χ1v) is 2.10. The van der Waals surface area contributed by atoms with Crippen LogP contribution in [-0.4, -0.2) is 22.0 Å². The minimum Gasteiger partial charge on any atom is -0.362 e. The number of nitrogens with zero attached hydrogens (tertiary/aromatic N) is 5. The molecule has 44 valence electrons. The molecule has 0 aliphatic carbocycles. The van der Waals surface area contributed by atoms with Crippen molar-refractivity contribution in [1.82, 2.24) is 0 Å². The number of hydrogen-bond acceptors (Lipinski definition) is 1. The fourth-order valence-corrected chi connectivity index (χ4v) is 0.249. The first kappa shape index (κ1) is 7.25. The monoisotopic (exact) mass is 121 g/mol. The van der Waals surface area contributed by atoms with Gasteiger partial charge in [-0.1, -0.05) is 0 Å². The van der Waals surface area contributed by atoms with Gasteiger partial charge in [0.15, 0.2) is 0 Å². The van der Waals surface area contributed by atoms with Crippen LogP contribution >= 0.6 is 0 Å². The second-order valence-corrected chi connectivity index (χ2v) is 1.18. The lowest BCUT2D eigenvalue weighted by atomic mass is 10.2. The molecule has 0 amide bonds. The fraction of sp³-hybridized carbons (Fsp3) is 0.250. The quantitative estimate of drug-likeness (QED) is 0.280. The zero-order valence-electron chi connectivity index (χ0n) is 4.47. The molecule has 0 aliphatic heterocycles. The van der Waals surface area contributed by atoms with Crippen LogP contribution in [-0.2, 0) is 0 Å². The van der Waals surface area contributed by atoms with Crippen LogP contribution < -0.4 is 0 Å². The van der Waals surface area contributed by atoms with Crippen LogP contribution in [0.4, 0.5) is 0 Å². The van der Waals surface area contributed by atoms with Crippen LogP contribution in [0.15, 0.2) is 0 Å². The lowest BCUT2D eigenvalue weighted by molar-refractivity contribution is -0.00944. The molecule has 0 radical (unpaired) electrons. The third kappa shape index (κ3) is 2.89. The van der Waals surface area contributed by atoms with Gasteiger partial charge in [-0.2, -0.15) is 14.8 Å². The summed E-state index contributed by atoms with van der Waals surface area (Å²) in [4.78, 5) is 5.15. The predicted molar refractivity (Wildman–Crippen MR) is 28.5 cm³/mol. The van der Waals surface area contributed by atoms with Gasteiger partial charge in [0.25, 0.3) is 12.4 Å². The highest BCUT2D eigenvalue weighted by molar-refractivity contribution is 5.81. The van der Waals surface area contributed by atoms with Crippen molar-refractivity contribution in [3.05, 3.63) is 11.1 Å². The summed E-state index contributed by atoms with van der Waals surface area (Å²) in [6, 6.07) is 1.69. The van der Waals surface area contributed by atoms with Gasteiger partial charge >= 0.3 is 0 Å². The van der Waals surface area contributed by atoms with Crippen molar-refractivity contribution < 1.29 is 9.58 Å². The smallest absolute Gasteiger partial charge is 0.285 e. The van der Waals surface area contributed by atoms with Gasteiger partial charge in [-0.15, -0.1) is 0 Å². The van der Waals surface area contributed by atoms with Crippen LogP contribution in [0.25, 0.3) is 11.1 Å². The summed E-state index contributed by atoms with van der Waals surface area (Å²) in [7, 11) is 0. The van der Waals surface area contributed by atoms with Gasteiger partial charge in [-0.3, -0.25) is 0 Å². The van der Waals surface area contributed by atoms with Gasteiger partial charge in [0, 0.05) is 0 Å². The summed E-state index contributed by atoms with van der Waals surface area (Å²) in [6.45, 7) is 0. The van der Waals surface area contributed by atoms with E-state index in [-0.39, 0.29) is 0 Å². The largest absolute Gasteiger partial charge is 0.362 e. The van der Waals surface area contributed by atoms with Gasteiger partial charge in [0.1, 0.15) is 0 Å². The zero-order chi connectivity index (χ0) is 7.11. The van der Waals surface area contributed by atoms with Crippen molar-refractivity contribution in [2.45, 2.75) is 0 Å². The maximum Gasteiger partial charge on any atom is 0.285 e. The summed E-state index contributed by atoms with van der Waals surface area (Å²) in [5.41, 5.74) is 15.7. The standard InChI is InChI=1S/C4H3N5/c5-1-4(2-8-6)3-9-7/h2-4H. The third-order valence-corrected chi connectivity index (χ3v) is 0.604. The summed E-state index contributed by atoms with van der Waals surface area (Å²) >= 11 is 0. The van der Waals surface area contributed by atoms with Crippen molar-refractivity contribution in [3.63, 3.8) is 0 Å². The molecule has 0 spiro atoms. The van der Waals surface area contributed by atoms with E-state index in [1.807, 2.05) is 0 Å². The minimum absolute atomic E-state index is 0.764. The molecular weight excluding hydrogens is 118 g/mol. The van der Waals surface area contributed by atoms with Crippen LogP contribution in [0, 0.1) is 17.2 Å². The summed E-state index contributed by atoms with van der Waals surface area (Å²) in [6.07, 6.45) is 1.89. The average molecular weight is 121 g/mol. The van der Waals surface area contributed by atoms with Crippen LogP contribution in [0.5, 0.6) is 0 Å². The van der Waals surface area contributed by atoms with E-state index >= 15 is 0 Å². The second-order valence-electron chi connectivity index (χ2n) is 1.18. The molecule has 0 saturated carbocycles. The van der Waals surface area contributed by atoms with E-state index in [0.29, 0.717) is 0 Å². The van der Waals surface area contributed by atoms with Gasteiger partial charge in [0.05, 0.1) is 6.07 Å². The molecule has 0 aromatic carbocycles. The van der Waals surface area contributed by atoms with Crippen molar-refractivity contribution in [1.29, 1.82) is 5.26 Å². The van der Waals surface area contributed by atoms with Crippen LogP contribution in [0.1, 0.15) is 0 Å². The number of nitriles is 1. The molecule has 0 heterocycles. The SMILES string of the molecule is N#CC(C=[N+]=[N-])C=[N+]=[N-]. The molecule has 0 N–H and O–H groups in total. The molecule has 9 heavy (non-hydrogen) atoms. The Labute approximate surface area is 51.4 Å². The van der Waals surface area contributed by atoms with Crippen molar-refractivity contribution in [3.8, 4) is 6.07 Å². The summed E-state index contributed by atoms with van der Waals surface area (Å²) in [5, 5.41) is 8.13. The molecule has 0 aliphatic rings. The fourth-order valence-electron chi connectivity index (χ4n) is 0.249. The molecule has 0 rings (SSSR count). The molecule has 0 fully saturated rings. The van der Waals surface area contributed by atoms with Gasteiger partial charge in [-0.25, -0.2) is 0 Å². The Morgan fingerprint density at radius 2 is 1.78 bits per heavy atom. The van der Waals surface area contributed by atoms with E-state index in [2.05, 4.69) is 9.58 Å². The van der Waals surface area contributed by atoms with Crippen LogP contribution in [0.3, 0.4) is 0 Å². The molecule has 5 heteroatoms. The van der Waals surface area contributed by atoms with Gasteiger partial charge in [0.2, 0.25) is 5.92 Å². The normalized spacial score (nSPS) is 9.67. The Hall–Kier alpha value is -1.75. The highest BCUT2D eigenvalue weighted by Gasteiger charge is 2.08. The lowest BCUT2D eigenvalue weighted by Gasteiger charge is -1.70. The molecular formula is C4H3N5. The highest BCUT2D eigenvalue weighted by Crippen LogP contribution is 1.77. The van der Waals surface area contributed by atoms with Crippen molar-refractivity contribution >= 4 is 12.4 Å². The second kappa shape index (κ2) is 4.41. The zero-order valence-corrected chi connectivity index (χ0v) is 4.47. The maximum atomic E-state index is 8.13. The van der Waals surface area contributed by atoms with E-state index in [4.69, 9.17) is 16.3 Å². The molecule has 0 saturated heterocycles. The molecule has 0 aromatic rings. The van der Waals surface area contributed by atoms with Gasteiger partial charge in [-0.05, 0) is 0 Å². The molecule has 0 atom stereocenters. The third-order valence-electron chi connectivity index (χ3n) is 0.604. The molecule has 0 unspecified atom stereocenters. The maximum absolute atomic E-state index is 8.13. The Bertz CT molecular complexity index is 194. The molecule has 0 bridgehead atoms. The van der Waals surface area contributed by atoms with Crippen LogP contribution in [0.2, 0.25) is 0 Å². The topological polar surface area (TPSA) is 96.6 Å². The van der Waals surface area contributed by atoms with E-state index in [1.54, 1.807) is 6.07 Å². The summed E-state index contributed by atoms with van der Waals surface area (Å²) in [5.74, 6) is -0.764. The Kier molecular flexibility index (Phi) is 3.55. The predicted octanol–water partition coefficient (Wildman–Crippen LogP) is -0.273. The summed E-state index contributed by atoms with van der Waals surface area (Å²) < 4.78 is 0. The first-order valence-electron chi connectivity index (χ1n) is 2.10. The van der Waals surface area contributed by atoms with E-state index in [9.17, 15) is 0 Å². The lowest BCUT2D eigenvalue weighted by Crippen LogP contribution is -2.00. The Morgan fingerprint density at radius 1 is 1.33 bits per heavy atom.